The van der Waals surface area contributed by atoms with Crippen molar-refractivity contribution >= 4 is 28.3 Å². The monoisotopic (exact) mass is 351 g/mol. The molecule has 0 fully saturated rings. The molecule has 6 nitrogen and oxygen atoms in total. The Morgan fingerprint density at radius 2 is 1.81 bits per heavy atom. The molecule has 3 aromatic carbocycles. The van der Waals surface area contributed by atoms with E-state index in [-0.39, 0.29) is 11.3 Å². The molecule has 0 radical (unpaired) electrons. The second-order valence-corrected chi connectivity index (χ2v) is 5.53. The number of fused-ring (bicyclic) bond motifs is 1. The van der Waals surface area contributed by atoms with Crippen molar-refractivity contribution in [3.05, 3.63) is 66.2 Å². The molecule has 0 aliphatic carbocycles. The van der Waals surface area contributed by atoms with Crippen LogP contribution in [-0.4, -0.2) is 30.7 Å². The van der Waals surface area contributed by atoms with E-state index >= 15 is 0 Å². The van der Waals surface area contributed by atoms with Crippen LogP contribution in [0.5, 0.6) is 11.5 Å². The fourth-order valence-corrected chi connectivity index (χ4v) is 2.54. The largest absolute Gasteiger partial charge is 0.507 e. The molecule has 0 atom stereocenters. The van der Waals surface area contributed by atoms with Crippen LogP contribution in [0.15, 0.2) is 60.7 Å². The maximum atomic E-state index is 12.1. The van der Waals surface area contributed by atoms with Gasteiger partial charge in [-0.3, -0.25) is 4.79 Å². The molecule has 0 aliphatic rings. The van der Waals surface area contributed by atoms with Gasteiger partial charge in [-0.05, 0) is 29.7 Å². The van der Waals surface area contributed by atoms with Gasteiger partial charge in [-0.1, -0.05) is 36.4 Å². The molecule has 2 N–H and O–H groups in total. The van der Waals surface area contributed by atoms with Gasteiger partial charge >= 0.3 is 5.97 Å². The van der Waals surface area contributed by atoms with Crippen molar-refractivity contribution in [3.63, 3.8) is 0 Å². The molecule has 26 heavy (non-hydrogen) atoms. The van der Waals surface area contributed by atoms with Crippen molar-refractivity contribution in [1.82, 2.24) is 0 Å². The summed E-state index contributed by atoms with van der Waals surface area (Å²) in [7, 11) is 1.44. The number of carbonyl (C=O) groups is 2. The Hall–Kier alpha value is -3.54. The van der Waals surface area contributed by atoms with Crippen molar-refractivity contribution in [2.24, 2.45) is 0 Å². The predicted octanol–water partition coefficient (Wildman–Crippen LogP) is 3.35. The van der Waals surface area contributed by atoms with Crippen LogP contribution in [-0.2, 0) is 9.53 Å². The normalized spacial score (nSPS) is 10.3. The second-order valence-electron chi connectivity index (χ2n) is 5.53. The van der Waals surface area contributed by atoms with Crippen molar-refractivity contribution < 1.29 is 24.2 Å². The van der Waals surface area contributed by atoms with Crippen molar-refractivity contribution in [3.8, 4) is 11.5 Å². The third kappa shape index (κ3) is 3.75. The molecular formula is C20H17NO5. The highest BCUT2D eigenvalue weighted by molar-refractivity contribution is 6.03. The molecular weight excluding hydrogens is 334 g/mol. The van der Waals surface area contributed by atoms with Gasteiger partial charge in [0.2, 0.25) is 0 Å². The van der Waals surface area contributed by atoms with E-state index < -0.39 is 18.5 Å². The van der Waals surface area contributed by atoms with Crippen molar-refractivity contribution in [2.45, 2.75) is 0 Å². The number of phenolic OH excluding ortho intramolecular Hbond substituents is 1. The highest BCUT2D eigenvalue weighted by atomic mass is 16.5. The van der Waals surface area contributed by atoms with Gasteiger partial charge in [0.1, 0.15) is 17.1 Å². The first-order valence-electron chi connectivity index (χ1n) is 7.90. The summed E-state index contributed by atoms with van der Waals surface area (Å²) in [4.78, 5) is 24.2. The van der Waals surface area contributed by atoms with E-state index in [1.807, 2.05) is 36.4 Å². The average molecular weight is 351 g/mol. The first kappa shape index (κ1) is 17.3. The van der Waals surface area contributed by atoms with Crippen molar-refractivity contribution in [2.75, 3.05) is 19.0 Å². The number of carbonyl (C=O) groups excluding carboxylic acids is 2. The van der Waals surface area contributed by atoms with Crippen LogP contribution >= 0.6 is 0 Å². The van der Waals surface area contributed by atoms with Gasteiger partial charge in [0.15, 0.2) is 6.61 Å². The number of methoxy groups -OCH3 is 1. The Morgan fingerprint density at radius 3 is 2.62 bits per heavy atom. The van der Waals surface area contributed by atoms with Crippen LogP contribution < -0.4 is 10.1 Å². The zero-order chi connectivity index (χ0) is 18.5. The molecule has 0 unspecified atom stereocenters. The fraction of sp³-hybridized carbons (Fsp3) is 0.100. The van der Waals surface area contributed by atoms with E-state index in [1.165, 1.54) is 25.3 Å². The van der Waals surface area contributed by atoms with Crippen LogP contribution in [0.1, 0.15) is 10.4 Å². The lowest BCUT2D eigenvalue weighted by Crippen LogP contribution is -2.21. The molecule has 132 valence electrons. The SMILES string of the molecule is COc1ccc(O)c(C(=O)OCC(=O)Nc2cccc3ccccc23)c1. The maximum Gasteiger partial charge on any atom is 0.342 e. The van der Waals surface area contributed by atoms with Gasteiger partial charge in [-0.2, -0.15) is 0 Å². The van der Waals surface area contributed by atoms with Crippen LogP contribution in [0.2, 0.25) is 0 Å². The second kappa shape index (κ2) is 7.57. The van der Waals surface area contributed by atoms with Crippen molar-refractivity contribution in [1.29, 1.82) is 0 Å². The molecule has 0 bridgehead atoms. The minimum absolute atomic E-state index is 0.0673. The van der Waals surface area contributed by atoms with Crippen LogP contribution in [0.3, 0.4) is 0 Å². The number of ether oxygens (including phenoxy) is 2. The molecule has 3 rings (SSSR count). The summed E-state index contributed by atoms with van der Waals surface area (Å²) in [5, 5.41) is 14.4. The number of aromatic hydroxyl groups is 1. The molecule has 0 aliphatic heterocycles. The summed E-state index contributed by atoms with van der Waals surface area (Å²) >= 11 is 0. The van der Waals surface area contributed by atoms with E-state index in [0.717, 1.165) is 10.8 Å². The minimum Gasteiger partial charge on any atom is -0.507 e. The smallest absolute Gasteiger partial charge is 0.342 e. The standard InChI is InChI=1S/C20H17NO5/c1-25-14-9-10-18(22)16(11-14)20(24)26-12-19(23)21-17-8-4-6-13-5-2-3-7-15(13)17/h2-11,22H,12H2,1H3,(H,21,23). The number of hydrogen-bond donors (Lipinski definition) is 2. The van der Waals surface area contributed by atoms with Crippen LogP contribution in [0.4, 0.5) is 5.69 Å². The summed E-state index contributed by atoms with van der Waals surface area (Å²) in [6.45, 7) is -0.474. The number of nitrogens with one attached hydrogen (secondary N) is 1. The summed E-state index contributed by atoms with van der Waals surface area (Å²) in [5.74, 6) is -1.13. The third-order valence-electron chi connectivity index (χ3n) is 3.82. The molecule has 0 saturated carbocycles. The van der Waals surface area contributed by atoms with Gasteiger partial charge < -0.3 is 19.9 Å². The molecule has 0 saturated heterocycles. The number of phenols is 1. The number of amides is 1. The first-order valence-corrected chi connectivity index (χ1v) is 7.90. The Balaban J connectivity index is 1.66. The average Bonchev–Trinajstić information content (AvgIpc) is 2.67. The van der Waals surface area contributed by atoms with E-state index in [2.05, 4.69) is 5.32 Å². The van der Waals surface area contributed by atoms with Gasteiger partial charge in [0.25, 0.3) is 5.91 Å². The van der Waals surface area contributed by atoms with E-state index in [0.29, 0.717) is 11.4 Å². The molecule has 3 aromatic rings. The summed E-state index contributed by atoms with van der Waals surface area (Å²) < 4.78 is 10.00. The third-order valence-corrected chi connectivity index (χ3v) is 3.82. The summed E-state index contributed by atoms with van der Waals surface area (Å²) in [5.41, 5.74) is 0.565. The zero-order valence-corrected chi connectivity index (χ0v) is 14.1. The Bertz CT molecular complexity index is 962. The molecule has 0 heterocycles. The maximum absolute atomic E-state index is 12.1. The number of benzene rings is 3. The lowest BCUT2D eigenvalue weighted by molar-refractivity contribution is -0.119. The number of hydrogen-bond acceptors (Lipinski definition) is 5. The highest BCUT2D eigenvalue weighted by Gasteiger charge is 2.16. The first-order chi connectivity index (χ1) is 12.6. The van der Waals surface area contributed by atoms with Crippen LogP contribution in [0.25, 0.3) is 10.8 Å². The highest BCUT2D eigenvalue weighted by Crippen LogP contribution is 2.24. The number of anilines is 1. The van der Waals surface area contributed by atoms with E-state index in [1.54, 1.807) is 6.07 Å². The van der Waals surface area contributed by atoms with Gasteiger partial charge in [-0.15, -0.1) is 0 Å². The molecule has 1 amide bonds. The van der Waals surface area contributed by atoms with Gasteiger partial charge in [0, 0.05) is 11.1 Å². The predicted molar refractivity (Wildman–Crippen MR) is 97.5 cm³/mol. The Morgan fingerprint density at radius 1 is 1.04 bits per heavy atom. The number of rotatable bonds is 5. The quantitative estimate of drug-likeness (QED) is 0.689. The summed E-state index contributed by atoms with van der Waals surface area (Å²) in [6.07, 6.45) is 0. The molecule has 0 spiro atoms. The lowest BCUT2D eigenvalue weighted by Gasteiger charge is -2.10. The molecule has 6 heteroatoms. The lowest BCUT2D eigenvalue weighted by atomic mass is 10.1. The topological polar surface area (TPSA) is 84.9 Å². The minimum atomic E-state index is -0.811. The summed E-state index contributed by atoms with van der Waals surface area (Å²) in [6, 6.07) is 17.4. The Kier molecular flexibility index (Phi) is 5.03. The molecule has 0 aromatic heterocycles. The fourth-order valence-electron chi connectivity index (χ4n) is 2.54. The van der Waals surface area contributed by atoms with E-state index in [4.69, 9.17) is 9.47 Å². The number of esters is 1. The Labute approximate surface area is 150 Å². The zero-order valence-electron chi connectivity index (χ0n) is 14.1. The van der Waals surface area contributed by atoms with E-state index in [9.17, 15) is 14.7 Å². The van der Waals surface area contributed by atoms with Gasteiger partial charge in [0.05, 0.1) is 7.11 Å². The van der Waals surface area contributed by atoms with Crippen LogP contribution in [0, 0.1) is 0 Å². The van der Waals surface area contributed by atoms with Gasteiger partial charge in [-0.25, -0.2) is 4.79 Å².